The second-order valence-corrected chi connectivity index (χ2v) is 6.02. The van der Waals surface area contributed by atoms with Crippen molar-refractivity contribution < 1.29 is 4.79 Å². The first kappa shape index (κ1) is 14.4. The summed E-state index contributed by atoms with van der Waals surface area (Å²) in [4.78, 5) is 11.9. The maximum absolute atomic E-state index is 11.9. The molecule has 0 bridgehead atoms. The lowest BCUT2D eigenvalue weighted by atomic mass is 9.94. The van der Waals surface area contributed by atoms with Crippen molar-refractivity contribution in [3.05, 3.63) is 35.4 Å². The molecule has 104 valence electrons. The number of rotatable bonds is 4. The smallest absolute Gasteiger partial charge is 0.220 e. The molecule has 2 rings (SSSR count). The summed E-state index contributed by atoms with van der Waals surface area (Å²) in [5.74, 6) is 0.123. The van der Waals surface area contributed by atoms with Gasteiger partial charge in [-0.25, -0.2) is 0 Å². The number of carbonyl (C=O) groups excluding carboxylic acids is 1. The molecule has 0 radical (unpaired) electrons. The summed E-state index contributed by atoms with van der Waals surface area (Å²) in [5.41, 5.74) is 2.47. The molecule has 2 nitrogen and oxygen atoms in total. The average Bonchev–Trinajstić information content (AvgIpc) is 2.41. The minimum Gasteiger partial charge on any atom is -0.352 e. The van der Waals surface area contributed by atoms with Crippen molar-refractivity contribution in [2.24, 2.45) is 0 Å². The minimum atomic E-state index is 0.108. The fourth-order valence-corrected chi connectivity index (χ4v) is 2.88. The SMILES string of the molecule is Cc1ccc(CCC(=O)NC2CCCCC2Cl)cc1. The van der Waals surface area contributed by atoms with E-state index in [4.69, 9.17) is 11.6 Å². The van der Waals surface area contributed by atoms with Crippen LogP contribution in [0.1, 0.15) is 43.2 Å². The molecule has 2 unspecified atom stereocenters. The number of aryl methyl sites for hydroxylation is 2. The Labute approximate surface area is 120 Å². The van der Waals surface area contributed by atoms with Crippen LogP contribution in [0.3, 0.4) is 0 Å². The predicted molar refractivity (Wildman–Crippen MR) is 79.5 cm³/mol. The molecule has 1 amide bonds. The van der Waals surface area contributed by atoms with Gasteiger partial charge in [0, 0.05) is 12.5 Å². The van der Waals surface area contributed by atoms with Crippen molar-refractivity contribution in [3.8, 4) is 0 Å². The van der Waals surface area contributed by atoms with E-state index in [1.807, 2.05) is 0 Å². The van der Waals surface area contributed by atoms with Gasteiger partial charge in [0.2, 0.25) is 5.91 Å². The van der Waals surface area contributed by atoms with Crippen LogP contribution in [0.5, 0.6) is 0 Å². The van der Waals surface area contributed by atoms with E-state index in [0.717, 1.165) is 19.3 Å². The highest BCUT2D eigenvalue weighted by Crippen LogP contribution is 2.23. The maximum atomic E-state index is 11.9. The fraction of sp³-hybridized carbons (Fsp3) is 0.562. The Morgan fingerprint density at radius 3 is 2.63 bits per heavy atom. The topological polar surface area (TPSA) is 29.1 Å². The zero-order valence-corrected chi connectivity index (χ0v) is 12.2. The maximum Gasteiger partial charge on any atom is 0.220 e. The lowest BCUT2D eigenvalue weighted by molar-refractivity contribution is -0.121. The molecule has 1 fully saturated rings. The molecular formula is C16H22ClNO. The molecule has 1 N–H and O–H groups in total. The first-order chi connectivity index (χ1) is 9.15. The van der Waals surface area contributed by atoms with E-state index in [1.54, 1.807) is 0 Å². The Bertz CT molecular complexity index is 415. The van der Waals surface area contributed by atoms with Crippen LogP contribution in [0.2, 0.25) is 0 Å². The van der Waals surface area contributed by atoms with E-state index in [9.17, 15) is 4.79 Å². The molecule has 0 saturated heterocycles. The third kappa shape index (κ3) is 4.54. The highest BCUT2D eigenvalue weighted by atomic mass is 35.5. The summed E-state index contributed by atoms with van der Waals surface area (Å²) < 4.78 is 0. The third-order valence-electron chi connectivity index (χ3n) is 3.79. The van der Waals surface area contributed by atoms with Crippen molar-refractivity contribution in [1.82, 2.24) is 5.32 Å². The molecule has 0 spiro atoms. The fourth-order valence-electron chi connectivity index (χ4n) is 2.54. The molecule has 0 aromatic heterocycles. The number of halogens is 1. The van der Waals surface area contributed by atoms with Crippen molar-refractivity contribution in [2.75, 3.05) is 0 Å². The van der Waals surface area contributed by atoms with Gasteiger partial charge in [-0.3, -0.25) is 4.79 Å². The Hall–Kier alpha value is -1.02. The van der Waals surface area contributed by atoms with Gasteiger partial charge < -0.3 is 5.32 Å². The largest absolute Gasteiger partial charge is 0.352 e. The number of hydrogen-bond donors (Lipinski definition) is 1. The Kier molecular flexibility index (Phi) is 5.26. The third-order valence-corrected chi connectivity index (χ3v) is 4.31. The second-order valence-electron chi connectivity index (χ2n) is 5.46. The van der Waals surface area contributed by atoms with Crippen molar-refractivity contribution >= 4 is 17.5 Å². The molecular weight excluding hydrogens is 258 g/mol. The predicted octanol–water partition coefficient (Wildman–Crippen LogP) is 3.59. The van der Waals surface area contributed by atoms with Crippen LogP contribution in [0.4, 0.5) is 0 Å². The summed E-state index contributed by atoms with van der Waals surface area (Å²) in [5, 5.41) is 3.19. The number of nitrogens with one attached hydrogen (secondary N) is 1. The first-order valence-corrected chi connectivity index (χ1v) is 7.58. The van der Waals surface area contributed by atoms with E-state index < -0.39 is 0 Å². The zero-order chi connectivity index (χ0) is 13.7. The standard InChI is InChI=1S/C16H22ClNO/c1-12-6-8-13(9-7-12)10-11-16(19)18-15-5-3-2-4-14(15)17/h6-9,14-15H,2-5,10-11H2,1H3,(H,18,19). The molecule has 3 heteroatoms. The number of hydrogen-bond acceptors (Lipinski definition) is 1. The van der Waals surface area contributed by atoms with E-state index in [1.165, 1.54) is 24.0 Å². The zero-order valence-electron chi connectivity index (χ0n) is 11.5. The summed E-state index contributed by atoms with van der Waals surface area (Å²) in [6, 6.07) is 8.52. The Morgan fingerprint density at radius 2 is 1.95 bits per heavy atom. The lowest BCUT2D eigenvalue weighted by Gasteiger charge is -2.27. The summed E-state index contributed by atoms with van der Waals surface area (Å²) in [6.45, 7) is 2.07. The molecule has 1 aromatic carbocycles. The van der Waals surface area contributed by atoms with Crippen LogP contribution in [-0.2, 0) is 11.2 Å². The van der Waals surface area contributed by atoms with Crippen LogP contribution in [0.25, 0.3) is 0 Å². The Balaban J connectivity index is 1.76. The van der Waals surface area contributed by atoms with Gasteiger partial charge in [-0.1, -0.05) is 42.7 Å². The summed E-state index contributed by atoms with van der Waals surface area (Å²) >= 11 is 6.25. The molecule has 1 aromatic rings. The van der Waals surface area contributed by atoms with Crippen LogP contribution >= 0.6 is 11.6 Å². The summed E-state index contributed by atoms with van der Waals surface area (Å²) in [7, 11) is 0. The van der Waals surface area contributed by atoms with Gasteiger partial charge in [0.1, 0.15) is 0 Å². The van der Waals surface area contributed by atoms with Crippen molar-refractivity contribution in [1.29, 1.82) is 0 Å². The number of amides is 1. The molecule has 2 atom stereocenters. The van der Waals surface area contributed by atoms with Gasteiger partial charge in [0.25, 0.3) is 0 Å². The lowest BCUT2D eigenvalue weighted by Crippen LogP contribution is -2.42. The van der Waals surface area contributed by atoms with Crippen LogP contribution in [0.15, 0.2) is 24.3 Å². The highest BCUT2D eigenvalue weighted by Gasteiger charge is 2.24. The van der Waals surface area contributed by atoms with E-state index in [0.29, 0.717) is 6.42 Å². The second kappa shape index (κ2) is 6.95. The molecule has 0 heterocycles. The quantitative estimate of drug-likeness (QED) is 0.839. The van der Waals surface area contributed by atoms with Gasteiger partial charge in [-0.2, -0.15) is 0 Å². The molecule has 1 aliphatic carbocycles. The molecule has 19 heavy (non-hydrogen) atoms. The minimum absolute atomic E-state index is 0.108. The number of carbonyl (C=O) groups is 1. The number of benzene rings is 1. The van der Waals surface area contributed by atoms with E-state index in [2.05, 4.69) is 36.5 Å². The molecule has 0 aliphatic heterocycles. The van der Waals surface area contributed by atoms with Gasteiger partial charge in [-0.05, 0) is 31.7 Å². The highest BCUT2D eigenvalue weighted by molar-refractivity contribution is 6.21. The van der Waals surface area contributed by atoms with Crippen LogP contribution < -0.4 is 5.32 Å². The van der Waals surface area contributed by atoms with Gasteiger partial charge in [0.15, 0.2) is 0 Å². The monoisotopic (exact) mass is 279 g/mol. The normalized spacial score (nSPS) is 23.1. The summed E-state index contributed by atoms with van der Waals surface area (Å²) in [6.07, 6.45) is 5.74. The van der Waals surface area contributed by atoms with Gasteiger partial charge in [0.05, 0.1) is 5.38 Å². The molecule has 1 saturated carbocycles. The van der Waals surface area contributed by atoms with Crippen molar-refractivity contribution in [2.45, 2.75) is 56.9 Å². The Morgan fingerprint density at radius 1 is 1.26 bits per heavy atom. The number of alkyl halides is 1. The molecule has 1 aliphatic rings. The average molecular weight is 280 g/mol. The van der Waals surface area contributed by atoms with Crippen LogP contribution in [-0.4, -0.2) is 17.3 Å². The van der Waals surface area contributed by atoms with Gasteiger partial charge in [-0.15, -0.1) is 11.6 Å². The van der Waals surface area contributed by atoms with E-state index in [-0.39, 0.29) is 17.3 Å². The van der Waals surface area contributed by atoms with Crippen LogP contribution in [0, 0.1) is 6.92 Å². The first-order valence-electron chi connectivity index (χ1n) is 7.14. The van der Waals surface area contributed by atoms with Crippen molar-refractivity contribution in [3.63, 3.8) is 0 Å². The van der Waals surface area contributed by atoms with E-state index >= 15 is 0 Å². The van der Waals surface area contributed by atoms with Gasteiger partial charge >= 0.3 is 0 Å².